The second kappa shape index (κ2) is 8.89. The normalized spacial score (nSPS) is 11.2. The Morgan fingerprint density at radius 3 is 2.59 bits per heavy atom. The molecule has 2 N–H and O–H groups in total. The van der Waals surface area contributed by atoms with Crippen molar-refractivity contribution in [1.29, 1.82) is 0 Å². The second-order valence-corrected chi connectivity index (χ2v) is 8.48. The largest absolute Gasteiger partial charge is 0.508 e. The molecule has 29 heavy (non-hydrogen) atoms. The van der Waals surface area contributed by atoms with E-state index >= 15 is 0 Å². The van der Waals surface area contributed by atoms with Crippen LogP contribution in [0.4, 0.5) is 0 Å². The summed E-state index contributed by atoms with van der Waals surface area (Å²) >= 11 is 3.38. The van der Waals surface area contributed by atoms with E-state index in [2.05, 4.69) is 21.6 Å². The van der Waals surface area contributed by atoms with Gasteiger partial charge in [0, 0.05) is 11.3 Å². The maximum absolute atomic E-state index is 12.2. The number of thiazole rings is 1. The Hall–Kier alpha value is -3.16. The van der Waals surface area contributed by atoms with E-state index in [0.29, 0.717) is 5.56 Å². The minimum absolute atomic E-state index is 0.188. The number of aromatic nitrogens is 1. The topological polar surface area (TPSA) is 74.6 Å². The number of carbonyl (C=O) groups excluding carboxylic acids is 1. The number of aromatic hydroxyl groups is 1. The molecule has 0 spiro atoms. The van der Waals surface area contributed by atoms with E-state index in [-0.39, 0.29) is 11.7 Å². The first kappa shape index (κ1) is 19.2. The number of nitrogens with one attached hydrogen (secondary N) is 1. The van der Waals surface area contributed by atoms with Gasteiger partial charge in [-0.05, 0) is 59.7 Å². The quantitative estimate of drug-likeness (QED) is 0.260. The lowest BCUT2D eigenvalue weighted by Crippen LogP contribution is -2.17. The number of amides is 1. The van der Waals surface area contributed by atoms with Gasteiger partial charge in [-0.25, -0.2) is 10.4 Å². The minimum Gasteiger partial charge on any atom is -0.508 e. The van der Waals surface area contributed by atoms with E-state index < -0.39 is 0 Å². The third-order valence-corrected chi connectivity index (χ3v) is 6.38. The minimum atomic E-state index is -0.273. The summed E-state index contributed by atoms with van der Waals surface area (Å²) in [6.07, 6.45) is 1.53. The molecule has 0 radical (unpaired) electrons. The van der Waals surface area contributed by atoms with Crippen molar-refractivity contribution in [2.24, 2.45) is 5.10 Å². The summed E-state index contributed by atoms with van der Waals surface area (Å²) in [5.41, 5.74) is 5.99. The van der Waals surface area contributed by atoms with Crippen LogP contribution < -0.4 is 5.43 Å². The van der Waals surface area contributed by atoms with Crippen LogP contribution in [0, 0.1) is 0 Å². The Balaban J connectivity index is 1.32. The van der Waals surface area contributed by atoms with Crippen molar-refractivity contribution in [1.82, 2.24) is 10.4 Å². The van der Waals surface area contributed by atoms with Gasteiger partial charge in [0.25, 0.3) is 5.91 Å². The third-order valence-electron chi connectivity index (χ3n) is 4.13. The molecule has 0 aliphatic rings. The molecule has 0 saturated heterocycles. The maximum atomic E-state index is 12.2. The molecule has 144 valence electrons. The first-order valence-electron chi connectivity index (χ1n) is 8.87. The molecule has 0 fully saturated rings. The van der Waals surface area contributed by atoms with Crippen LogP contribution in [0.2, 0.25) is 0 Å². The van der Waals surface area contributed by atoms with Gasteiger partial charge < -0.3 is 5.11 Å². The lowest BCUT2D eigenvalue weighted by molar-refractivity contribution is 0.0955. The summed E-state index contributed by atoms with van der Waals surface area (Å²) in [5, 5.41) is 13.2. The molecule has 0 aliphatic carbocycles. The monoisotopic (exact) mass is 419 g/mol. The van der Waals surface area contributed by atoms with Crippen molar-refractivity contribution in [2.75, 3.05) is 0 Å². The van der Waals surface area contributed by atoms with Crippen LogP contribution in [0.25, 0.3) is 10.2 Å². The average molecular weight is 420 g/mol. The molecule has 0 atom stereocenters. The van der Waals surface area contributed by atoms with E-state index in [1.807, 2.05) is 30.3 Å². The van der Waals surface area contributed by atoms with Crippen molar-refractivity contribution in [3.8, 4) is 5.75 Å². The van der Waals surface area contributed by atoms with Crippen LogP contribution in [-0.2, 0) is 5.75 Å². The molecule has 1 aromatic heterocycles. The summed E-state index contributed by atoms with van der Waals surface area (Å²) in [6, 6.07) is 22.1. The lowest BCUT2D eigenvalue weighted by atomic mass is 10.1. The SMILES string of the molecule is O=C(N/N=C/c1ccc(O)cc1)c1ccc(CSc2nc3ccccc3s2)cc1. The number of hydrogen-bond acceptors (Lipinski definition) is 6. The van der Waals surface area contributed by atoms with E-state index in [4.69, 9.17) is 0 Å². The van der Waals surface area contributed by atoms with Gasteiger partial charge in [0.05, 0.1) is 16.4 Å². The molecule has 0 saturated carbocycles. The van der Waals surface area contributed by atoms with E-state index in [1.54, 1.807) is 59.5 Å². The Kier molecular flexibility index (Phi) is 5.88. The number of carbonyl (C=O) groups is 1. The van der Waals surface area contributed by atoms with Gasteiger partial charge in [-0.3, -0.25) is 4.79 Å². The van der Waals surface area contributed by atoms with Gasteiger partial charge in [-0.1, -0.05) is 36.0 Å². The second-order valence-electron chi connectivity index (χ2n) is 6.22. The molecular formula is C22H17N3O2S2. The molecule has 0 bridgehead atoms. The first-order valence-corrected chi connectivity index (χ1v) is 10.7. The molecule has 1 amide bonds. The number of hydrogen-bond donors (Lipinski definition) is 2. The van der Waals surface area contributed by atoms with Gasteiger partial charge >= 0.3 is 0 Å². The molecule has 0 unspecified atom stereocenters. The summed E-state index contributed by atoms with van der Waals surface area (Å²) in [7, 11) is 0. The van der Waals surface area contributed by atoms with Gasteiger partial charge in [-0.2, -0.15) is 5.10 Å². The predicted molar refractivity (Wildman–Crippen MR) is 119 cm³/mol. The highest BCUT2D eigenvalue weighted by molar-refractivity contribution is 8.00. The zero-order valence-corrected chi connectivity index (χ0v) is 16.9. The lowest BCUT2D eigenvalue weighted by Gasteiger charge is -2.03. The molecule has 4 rings (SSSR count). The molecule has 5 nitrogen and oxygen atoms in total. The van der Waals surface area contributed by atoms with Crippen LogP contribution in [0.5, 0.6) is 5.75 Å². The predicted octanol–water partition coefficient (Wildman–Crippen LogP) is 5.06. The number of rotatable bonds is 6. The Morgan fingerprint density at radius 2 is 1.83 bits per heavy atom. The standard InChI is InChI=1S/C22H17N3O2S2/c26-18-11-7-15(8-12-18)13-23-25-21(27)17-9-5-16(6-10-17)14-28-22-24-19-3-1-2-4-20(19)29-22/h1-13,26H,14H2,(H,25,27)/b23-13+. The van der Waals surface area contributed by atoms with Crippen LogP contribution in [0.15, 0.2) is 82.2 Å². The highest BCUT2D eigenvalue weighted by atomic mass is 32.2. The highest BCUT2D eigenvalue weighted by Crippen LogP contribution is 2.31. The van der Waals surface area contributed by atoms with Gasteiger partial charge in [0.15, 0.2) is 4.34 Å². The molecule has 1 heterocycles. The first-order chi connectivity index (χ1) is 14.2. The van der Waals surface area contributed by atoms with E-state index in [1.165, 1.54) is 10.9 Å². The van der Waals surface area contributed by atoms with E-state index in [9.17, 15) is 9.90 Å². The van der Waals surface area contributed by atoms with Crippen LogP contribution in [0.1, 0.15) is 21.5 Å². The Morgan fingerprint density at radius 1 is 1.07 bits per heavy atom. The highest BCUT2D eigenvalue weighted by Gasteiger charge is 2.06. The number of para-hydroxylation sites is 1. The number of nitrogens with zero attached hydrogens (tertiary/aromatic N) is 2. The zero-order chi connectivity index (χ0) is 20.1. The van der Waals surface area contributed by atoms with Crippen molar-refractivity contribution in [3.63, 3.8) is 0 Å². The fourth-order valence-corrected chi connectivity index (χ4v) is 4.62. The number of thioether (sulfide) groups is 1. The molecule has 7 heteroatoms. The molecule has 4 aromatic rings. The Labute approximate surface area is 176 Å². The summed E-state index contributed by atoms with van der Waals surface area (Å²) in [6.45, 7) is 0. The zero-order valence-electron chi connectivity index (χ0n) is 15.3. The van der Waals surface area contributed by atoms with Crippen molar-refractivity contribution in [2.45, 2.75) is 10.1 Å². The molecule has 0 aliphatic heterocycles. The smallest absolute Gasteiger partial charge is 0.271 e. The Bertz CT molecular complexity index is 1120. The third kappa shape index (κ3) is 5.01. The summed E-state index contributed by atoms with van der Waals surface area (Å²) < 4.78 is 2.23. The summed E-state index contributed by atoms with van der Waals surface area (Å²) in [4.78, 5) is 16.8. The molecule has 3 aromatic carbocycles. The van der Waals surface area contributed by atoms with Crippen molar-refractivity contribution < 1.29 is 9.90 Å². The van der Waals surface area contributed by atoms with Crippen LogP contribution >= 0.6 is 23.1 Å². The molecular weight excluding hydrogens is 402 g/mol. The number of fused-ring (bicyclic) bond motifs is 1. The van der Waals surface area contributed by atoms with E-state index in [0.717, 1.165) is 26.7 Å². The maximum Gasteiger partial charge on any atom is 0.271 e. The number of benzene rings is 3. The van der Waals surface area contributed by atoms with Crippen molar-refractivity contribution in [3.05, 3.63) is 89.5 Å². The fourth-order valence-electron chi connectivity index (χ4n) is 2.60. The number of phenolic OH excluding ortho intramolecular Hbond substituents is 1. The van der Waals surface area contributed by atoms with Crippen LogP contribution in [-0.4, -0.2) is 22.2 Å². The van der Waals surface area contributed by atoms with Gasteiger partial charge in [0.1, 0.15) is 5.75 Å². The number of hydrazone groups is 1. The number of phenols is 1. The summed E-state index contributed by atoms with van der Waals surface area (Å²) in [5.74, 6) is 0.707. The fraction of sp³-hybridized carbons (Fsp3) is 0.0455. The van der Waals surface area contributed by atoms with Gasteiger partial charge in [-0.15, -0.1) is 11.3 Å². The van der Waals surface area contributed by atoms with Crippen LogP contribution in [0.3, 0.4) is 0 Å². The van der Waals surface area contributed by atoms with Crippen molar-refractivity contribution >= 4 is 45.4 Å². The average Bonchev–Trinajstić information content (AvgIpc) is 3.17. The van der Waals surface area contributed by atoms with Gasteiger partial charge in [0.2, 0.25) is 0 Å².